The third-order valence-corrected chi connectivity index (χ3v) is 3.88. The zero-order valence-corrected chi connectivity index (χ0v) is 14.3. The van der Waals surface area contributed by atoms with Gasteiger partial charge in [0, 0.05) is 18.9 Å². The zero-order chi connectivity index (χ0) is 18.0. The highest BCUT2D eigenvalue weighted by atomic mass is 16.5. The summed E-state index contributed by atoms with van der Waals surface area (Å²) < 4.78 is 11.6. The van der Waals surface area contributed by atoms with Crippen molar-refractivity contribution in [1.82, 2.24) is 9.55 Å². The number of hydrogen-bond donors (Lipinski definition) is 1. The second-order valence-corrected chi connectivity index (χ2v) is 5.53. The summed E-state index contributed by atoms with van der Waals surface area (Å²) in [6.45, 7) is 4.82. The summed E-state index contributed by atoms with van der Waals surface area (Å²) >= 11 is 0. The molecule has 7 heteroatoms. The largest absolute Gasteiger partial charge is 0.465 e. The Kier molecular flexibility index (Phi) is 4.92. The van der Waals surface area contributed by atoms with Gasteiger partial charge in [0.05, 0.1) is 18.4 Å². The highest BCUT2D eigenvalue weighted by Crippen LogP contribution is 2.21. The molecule has 1 unspecified atom stereocenters. The summed E-state index contributed by atoms with van der Waals surface area (Å²) in [5.41, 5.74) is 1.92. The molecule has 0 aromatic carbocycles. The lowest BCUT2D eigenvalue weighted by atomic mass is 10.1. The normalized spacial score (nSPS) is 11.9. The van der Waals surface area contributed by atoms with Gasteiger partial charge in [-0.25, -0.2) is 9.59 Å². The Labute approximate surface area is 139 Å². The molecular weight excluding hydrogens is 312 g/mol. The Bertz CT molecular complexity index is 800. The van der Waals surface area contributed by atoms with Gasteiger partial charge in [0.1, 0.15) is 5.69 Å². The van der Waals surface area contributed by atoms with Crippen molar-refractivity contribution >= 4 is 17.7 Å². The summed E-state index contributed by atoms with van der Waals surface area (Å²) in [6.07, 6.45) is 0.721. The van der Waals surface area contributed by atoms with Crippen LogP contribution in [0.15, 0.2) is 18.3 Å². The number of aromatic nitrogens is 2. The van der Waals surface area contributed by atoms with E-state index < -0.39 is 23.8 Å². The second-order valence-electron chi connectivity index (χ2n) is 5.53. The number of Topliss-reactive ketones (excluding diaryl/α,β-unsaturated/α-hetero) is 1. The van der Waals surface area contributed by atoms with Crippen LogP contribution in [-0.4, -0.2) is 40.5 Å². The SMILES string of the molecule is COC(=O)c1c(C)[nH]c(C(=O)C(C)OC(=O)c2cccn2C)c1C. The van der Waals surface area contributed by atoms with Crippen LogP contribution in [0.2, 0.25) is 0 Å². The number of carbonyl (C=O) groups excluding carboxylic acids is 3. The maximum atomic E-state index is 12.6. The number of nitrogens with one attached hydrogen (secondary N) is 1. The molecule has 0 aliphatic rings. The number of ketones is 1. The van der Waals surface area contributed by atoms with Crippen LogP contribution in [0.3, 0.4) is 0 Å². The molecule has 7 nitrogen and oxygen atoms in total. The van der Waals surface area contributed by atoms with E-state index in [2.05, 4.69) is 4.98 Å². The molecule has 0 saturated carbocycles. The van der Waals surface area contributed by atoms with Crippen molar-refractivity contribution in [2.75, 3.05) is 7.11 Å². The van der Waals surface area contributed by atoms with E-state index in [1.807, 2.05) is 0 Å². The maximum absolute atomic E-state index is 12.6. The Morgan fingerprint density at radius 1 is 1.21 bits per heavy atom. The Hall–Kier alpha value is -2.83. The molecule has 1 atom stereocenters. The first kappa shape index (κ1) is 17.5. The van der Waals surface area contributed by atoms with Crippen molar-refractivity contribution in [3.8, 4) is 0 Å². The van der Waals surface area contributed by atoms with Crippen LogP contribution in [0, 0.1) is 13.8 Å². The molecule has 128 valence electrons. The lowest BCUT2D eigenvalue weighted by molar-refractivity contribution is 0.0307. The van der Waals surface area contributed by atoms with Crippen molar-refractivity contribution in [3.63, 3.8) is 0 Å². The molecule has 0 aliphatic carbocycles. The fourth-order valence-electron chi connectivity index (χ4n) is 2.56. The van der Waals surface area contributed by atoms with Crippen LogP contribution in [-0.2, 0) is 16.5 Å². The van der Waals surface area contributed by atoms with Crippen LogP contribution >= 0.6 is 0 Å². The number of aromatic amines is 1. The third kappa shape index (κ3) is 3.10. The number of esters is 2. The monoisotopic (exact) mass is 332 g/mol. The molecule has 2 rings (SSSR count). The molecule has 0 aliphatic heterocycles. The smallest absolute Gasteiger partial charge is 0.355 e. The highest BCUT2D eigenvalue weighted by molar-refractivity contribution is 6.04. The molecule has 0 radical (unpaired) electrons. The Balaban J connectivity index is 2.21. The summed E-state index contributed by atoms with van der Waals surface area (Å²) in [7, 11) is 2.99. The van der Waals surface area contributed by atoms with Gasteiger partial charge in [-0.3, -0.25) is 4.79 Å². The predicted molar refractivity (Wildman–Crippen MR) is 86.2 cm³/mol. The van der Waals surface area contributed by atoms with Crippen LogP contribution < -0.4 is 0 Å². The van der Waals surface area contributed by atoms with E-state index in [4.69, 9.17) is 9.47 Å². The van der Waals surface area contributed by atoms with Crippen molar-refractivity contribution < 1.29 is 23.9 Å². The van der Waals surface area contributed by atoms with Gasteiger partial charge in [0.25, 0.3) is 0 Å². The quantitative estimate of drug-likeness (QED) is 0.669. The molecule has 2 heterocycles. The fraction of sp³-hybridized carbons (Fsp3) is 0.353. The second kappa shape index (κ2) is 6.74. The minimum absolute atomic E-state index is 0.236. The molecular formula is C17H20N2O5. The van der Waals surface area contributed by atoms with Gasteiger partial charge < -0.3 is 19.0 Å². The lowest BCUT2D eigenvalue weighted by Gasteiger charge is -2.12. The van der Waals surface area contributed by atoms with E-state index in [-0.39, 0.29) is 5.69 Å². The Morgan fingerprint density at radius 3 is 2.42 bits per heavy atom. The summed E-state index contributed by atoms with van der Waals surface area (Å²) in [5, 5.41) is 0. The number of ether oxygens (including phenoxy) is 2. The van der Waals surface area contributed by atoms with Gasteiger partial charge in [-0.15, -0.1) is 0 Å². The minimum Gasteiger partial charge on any atom is -0.465 e. The molecule has 0 saturated heterocycles. The number of rotatable bonds is 5. The van der Waals surface area contributed by atoms with Gasteiger partial charge >= 0.3 is 11.9 Å². The maximum Gasteiger partial charge on any atom is 0.355 e. The number of nitrogens with zero attached hydrogens (tertiary/aromatic N) is 1. The fourth-order valence-corrected chi connectivity index (χ4v) is 2.56. The summed E-state index contributed by atoms with van der Waals surface area (Å²) in [4.78, 5) is 39.3. The molecule has 0 fully saturated rings. The van der Waals surface area contributed by atoms with Gasteiger partial charge in [0.15, 0.2) is 6.10 Å². The van der Waals surface area contributed by atoms with E-state index >= 15 is 0 Å². The van der Waals surface area contributed by atoms with Gasteiger partial charge in [0.2, 0.25) is 5.78 Å². The molecule has 1 N–H and O–H groups in total. The molecule has 24 heavy (non-hydrogen) atoms. The van der Waals surface area contributed by atoms with E-state index in [1.54, 1.807) is 43.8 Å². The first-order valence-corrected chi connectivity index (χ1v) is 7.41. The van der Waals surface area contributed by atoms with Gasteiger partial charge in [-0.1, -0.05) is 0 Å². The van der Waals surface area contributed by atoms with Crippen LogP contribution in [0.25, 0.3) is 0 Å². The standard InChI is InChI=1S/C17H20N2O5/c1-9-13(17(22)23-5)10(2)18-14(9)15(20)11(3)24-16(21)12-7-6-8-19(12)4/h6-8,11,18H,1-5H3. The molecule has 0 bridgehead atoms. The first-order chi connectivity index (χ1) is 11.3. The van der Waals surface area contributed by atoms with E-state index in [1.165, 1.54) is 14.0 Å². The Morgan fingerprint density at radius 2 is 1.88 bits per heavy atom. The number of H-pyrrole nitrogens is 1. The molecule has 0 amide bonds. The minimum atomic E-state index is -0.991. The molecule has 2 aromatic heterocycles. The topological polar surface area (TPSA) is 90.4 Å². The number of methoxy groups -OCH3 is 1. The summed E-state index contributed by atoms with van der Waals surface area (Å²) in [6, 6.07) is 3.32. The van der Waals surface area contributed by atoms with Crippen LogP contribution in [0.1, 0.15) is 49.5 Å². The van der Waals surface area contributed by atoms with Gasteiger partial charge in [-0.05, 0) is 38.5 Å². The molecule has 0 spiro atoms. The number of hydrogen-bond acceptors (Lipinski definition) is 5. The average Bonchev–Trinajstić information content (AvgIpc) is 3.09. The lowest BCUT2D eigenvalue weighted by Crippen LogP contribution is -2.26. The predicted octanol–water partition coefficient (Wildman–Crippen LogP) is 2.18. The summed E-state index contributed by atoms with van der Waals surface area (Å²) in [5.74, 6) is -1.51. The van der Waals surface area contributed by atoms with Crippen molar-refractivity contribution in [3.05, 3.63) is 46.5 Å². The third-order valence-electron chi connectivity index (χ3n) is 3.88. The number of aryl methyl sites for hydroxylation is 2. The van der Waals surface area contributed by atoms with E-state index in [9.17, 15) is 14.4 Å². The van der Waals surface area contributed by atoms with E-state index in [0.29, 0.717) is 22.5 Å². The number of carbonyl (C=O) groups is 3. The van der Waals surface area contributed by atoms with Crippen molar-refractivity contribution in [1.29, 1.82) is 0 Å². The van der Waals surface area contributed by atoms with Crippen molar-refractivity contribution in [2.45, 2.75) is 26.9 Å². The molecule has 2 aromatic rings. The highest BCUT2D eigenvalue weighted by Gasteiger charge is 2.27. The van der Waals surface area contributed by atoms with Crippen LogP contribution in [0.4, 0.5) is 0 Å². The first-order valence-electron chi connectivity index (χ1n) is 7.41. The van der Waals surface area contributed by atoms with Crippen molar-refractivity contribution in [2.24, 2.45) is 7.05 Å². The van der Waals surface area contributed by atoms with E-state index in [0.717, 1.165) is 0 Å². The van der Waals surface area contributed by atoms with Gasteiger partial charge in [-0.2, -0.15) is 0 Å². The average molecular weight is 332 g/mol. The van der Waals surface area contributed by atoms with Crippen LogP contribution in [0.5, 0.6) is 0 Å². The zero-order valence-electron chi connectivity index (χ0n) is 14.3.